The molecule has 0 aliphatic carbocycles. The molecule has 3 nitrogen and oxygen atoms in total. The van der Waals surface area contributed by atoms with E-state index in [4.69, 9.17) is 5.73 Å². The minimum absolute atomic E-state index is 0.0354. The van der Waals surface area contributed by atoms with Crippen molar-refractivity contribution in [3.8, 4) is 0 Å². The molecule has 0 heterocycles. The summed E-state index contributed by atoms with van der Waals surface area (Å²) in [5, 5.41) is 0. The van der Waals surface area contributed by atoms with Gasteiger partial charge >= 0.3 is 0 Å². The van der Waals surface area contributed by atoms with Gasteiger partial charge in [-0.2, -0.15) is 0 Å². The zero-order valence-corrected chi connectivity index (χ0v) is 12.5. The third kappa shape index (κ3) is 4.06. The number of carbonyl (C=O) groups is 1. The van der Waals surface area contributed by atoms with Crippen molar-refractivity contribution in [1.82, 2.24) is 4.90 Å². The van der Waals surface area contributed by atoms with Crippen LogP contribution >= 0.6 is 0 Å². The maximum atomic E-state index is 12.6. The molecule has 2 unspecified atom stereocenters. The second-order valence-electron chi connectivity index (χ2n) is 5.45. The van der Waals surface area contributed by atoms with Crippen molar-refractivity contribution >= 4 is 5.91 Å². The number of hydrogen-bond acceptors (Lipinski definition) is 2. The average Bonchev–Trinajstić information content (AvgIpc) is 2.44. The van der Waals surface area contributed by atoms with Crippen LogP contribution in [0.25, 0.3) is 0 Å². The Kier molecular flexibility index (Phi) is 5.55. The fourth-order valence-corrected chi connectivity index (χ4v) is 1.91. The molecule has 2 N–H and O–H groups in total. The van der Waals surface area contributed by atoms with E-state index >= 15 is 0 Å². The molecule has 1 aromatic rings. The van der Waals surface area contributed by atoms with Crippen molar-refractivity contribution in [2.24, 2.45) is 5.73 Å². The van der Waals surface area contributed by atoms with Gasteiger partial charge in [0.05, 0.1) is 5.54 Å². The van der Waals surface area contributed by atoms with Crippen LogP contribution in [0, 0.1) is 0 Å². The fraction of sp³-hybridized carbons (Fsp3) is 0.562. The molecule has 0 radical (unpaired) electrons. The summed E-state index contributed by atoms with van der Waals surface area (Å²) in [6.45, 7) is 8.56. The normalized spacial score (nSPS) is 15.6. The average molecular weight is 262 g/mol. The standard InChI is InChI=1S/C16H26N2O/c1-5-13(3)18(15(19)16(4,17)6-2)12-14-10-8-7-9-11-14/h7-11,13H,5-6,12,17H2,1-4H3. The molecule has 106 valence electrons. The Bertz CT molecular complexity index is 400. The van der Waals surface area contributed by atoms with E-state index in [1.807, 2.05) is 49.1 Å². The molecular weight excluding hydrogens is 236 g/mol. The van der Waals surface area contributed by atoms with E-state index in [-0.39, 0.29) is 11.9 Å². The van der Waals surface area contributed by atoms with Crippen LogP contribution in [0.1, 0.15) is 46.1 Å². The summed E-state index contributed by atoms with van der Waals surface area (Å²) >= 11 is 0. The smallest absolute Gasteiger partial charge is 0.242 e. The molecule has 3 heteroatoms. The molecule has 0 aromatic heterocycles. The van der Waals surface area contributed by atoms with Crippen LogP contribution in [0.15, 0.2) is 30.3 Å². The number of nitrogens with zero attached hydrogens (tertiary/aromatic N) is 1. The predicted molar refractivity (Wildman–Crippen MR) is 79.6 cm³/mol. The fourth-order valence-electron chi connectivity index (χ4n) is 1.91. The van der Waals surface area contributed by atoms with E-state index in [1.54, 1.807) is 0 Å². The Balaban J connectivity index is 2.93. The van der Waals surface area contributed by atoms with Gasteiger partial charge in [0.25, 0.3) is 0 Å². The number of hydrogen-bond donors (Lipinski definition) is 1. The summed E-state index contributed by atoms with van der Waals surface area (Å²) in [6, 6.07) is 10.3. The molecule has 1 rings (SSSR count). The minimum atomic E-state index is -0.780. The Morgan fingerprint density at radius 3 is 2.37 bits per heavy atom. The SMILES string of the molecule is CCC(C)N(Cc1ccccc1)C(=O)C(C)(N)CC. The van der Waals surface area contributed by atoms with E-state index in [9.17, 15) is 4.79 Å². The third-order valence-electron chi connectivity index (χ3n) is 3.80. The van der Waals surface area contributed by atoms with Crippen molar-refractivity contribution in [2.45, 2.75) is 58.7 Å². The lowest BCUT2D eigenvalue weighted by Gasteiger charge is -2.35. The molecule has 0 fully saturated rings. The highest BCUT2D eigenvalue weighted by Gasteiger charge is 2.32. The molecule has 0 spiro atoms. The van der Waals surface area contributed by atoms with Crippen molar-refractivity contribution in [2.75, 3.05) is 0 Å². The Morgan fingerprint density at radius 1 is 1.32 bits per heavy atom. The number of carbonyl (C=O) groups excluding carboxylic acids is 1. The van der Waals surface area contributed by atoms with E-state index in [2.05, 4.69) is 13.8 Å². The topological polar surface area (TPSA) is 46.3 Å². The van der Waals surface area contributed by atoms with Crippen LogP contribution in [-0.4, -0.2) is 22.4 Å². The van der Waals surface area contributed by atoms with E-state index in [0.29, 0.717) is 13.0 Å². The van der Waals surface area contributed by atoms with Crippen LogP contribution in [0.2, 0.25) is 0 Å². The zero-order valence-electron chi connectivity index (χ0n) is 12.5. The zero-order chi connectivity index (χ0) is 14.5. The Labute approximate surface area is 116 Å². The summed E-state index contributed by atoms with van der Waals surface area (Å²) in [5.74, 6) is 0.0354. The van der Waals surface area contributed by atoms with Gasteiger partial charge in [0, 0.05) is 12.6 Å². The highest BCUT2D eigenvalue weighted by molar-refractivity contribution is 5.85. The first-order valence-corrected chi connectivity index (χ1v) is 7.06. The maximum Gasteiger partial charge on any atom is 0.242 e. The summed E-state index contributed by atoms with van der Waals surface area (Å²) in [6.07, 6.45) is 1.58. The van der Waals surface area contributed by atoms with Crippen molar-refractivity contribution in [3.05, 3.63) is 35.9 Å². The molecule has 0 aliphatic rings. The number of rotatable bonds is 6. The highest BCUT2D eigenvalue weighted by atomic mass is 16.2. The maximum absolute atomic E-state index is 12.6. The monoisotopic (exact) mass is 262 g/mol. The molecule has 0 saturated carbocycles. The van der Waals surface area contributed by atoms with Gasteiger partial charge in [-0.05, 0) is 32.3 Å². The first-order valence-electron chi connectivity index (χ1n) is 7.06. The van der Waals surface area contributed by atoms with Crippen LogP contribution in [0.4, 0.5) is 0 Å². The quantitative estimate of drug-likeness (QED) is 0.856. The van der Waals surface area contributed by atoms with Crippen LogP contribution < -0.4 is 5.73 Å². The van der Waals surface area contributed by atoms with Gasteiger partial charge in [-0.15, -0.1) is 0 Å². The second-order valence-corrected chi connectivity index (χ2v) is 5.45. The van der Waals surface area contributed by atoms with Crippen molar-refractivity contribution in [3.63, 3.8) is 0 Å². The molecule has 1 aromatic carbocycles. The summed E-state index contributed by atoms with van der Waals surface area (Å²) in [4.78, 5) is 14.5. The lowest BCUT2D eigenvalue weighted by atomic mass is 9.97. The lowest BCUT2D eigenvalue weighted by molar-refractivity contribution is -0.139. The largest absolute Gasteiger partial charge is 0.334 e. The van der Waals surface area contributed by atoms with Crippen LogP contribution in [0.3, 0.4) is 0 Å². The van der Waals surface area contributed by atoms with Gasteiger partial charge in [-0.1, -0.05) is 44.2 Å². The molecule has 2 atom stereocenters. The molecule has 19 heavy (non-hydrogen) atoms. The molecule has 0 saturated heterocycles. The first-order chi connectivity index (χ1) is 8.92. The lowest BCUT2D eigenvalue weighted by Crippen LogP contribution is -2.54. The highest BCUT2D eigenvalue weighted by Crippen LogP contribution is 2.17. The number of nitrogens with two attached hydrogens (primary N) is 1. The first kappa shape index (κ1) is 15.7. The van der Waals surface area contributed by atoms with Gasteiger partial charge in [-0.3, -0.25) is 4.79 Å². The number of benzene rings is 1. The summed E-state index contributed by atoms with van der Waals surface area (Å²) in [7, 11) is 0. The van der Waals surface area contributed by atoms with Crippen molar-refractivity contribution in [1.29, 1.82) is 0 Å². The molecular formula is C16H26N2O. The summed E-state index contributed by atoms with van der Waals surface area (Å²) < 4.78 is 0. The molecule has 0 aliphatic heterocycles. The number of amides is 1. The second kappa shape index (κ2) is 6.71. The van der Waals surface area contributed by atoms with E-state index in [0.717, 1.165) is 12.0 Å². The van der Waals surface area contributed by atoms with Crippen LogP contribution in [0.5, 0.6) is 0 Å². The summed E-state index contributed by atoms with van der Waals surface area (Å²) in [5.41, 5.74) is 6.48. The van der Waals surface area contributed by atoms with Gasteiger partial charge < -0.3 is 10.6 Å². The van der Waals surface area contributed by atoms with Gasteiger partial charge in [0.15, 0.2) is 0 Å². The van der Waals surface area contributed by atoms with E-state index in [1.165, 1.54) is 0 Å². The molecule has 1 amide bonds. The van der Waals surface area contributed by atoms with Crippen LogP contribution in [-0.2, 0) is 11.3 Å². The van der Waals surface area contributed by atoms with E-state index < -0.39 is 5.54 Å². The Morgan fingerprint density at radius 2 is 1.89 bits per heavy atom. The van der Waals surface area contributed by atoms with Gasteiger partial charge in [0.2, 0.25) is 5.91 Å². The Hall–Kier alpha value is -1.35. The van der Waals surface area contributed by atoms with Gasteiger partial charge in [-0.25, -0.2) is 0 Å². The third-order valence-corrected chi connectivity index (χ3v) is 3.80. The molecule has 0 bridgehead atoms. The minimum Gasteiger partial charge on any atom is -0.334 e. The van der Waals surface area contributed by atoms with Gasteiger partial charge in [0.1, 0.15) is 0 Å². The van der Waals surface area contributed by atoms with Crippen molar-refractivity contribution < 1.29 is 4.79 Å². The predicted octanol–water partition coefficient (Wildman–Crippen LogP) is 2.94.